The lowest BCUT2D eigenvalue weighted by Gasteiger charge is -2.38. The normalized spacial score (nSPS) is 18.0. The number of likely N-dealkylation sites (N-methyl/N-ethyl adjacent to an activating group) is 1. The van der Waals surface area contributed by atoms with Crippen molar-refractivity contribution in [3.05, 3.63) is 35.9 Å². The minimum atomic E-state index is -0.470. The maximum Gasteiger partial charge on any atom is 0.317 e. The zero-order valence-electron chi connectivity index (χ0n) is 15.8. The molecule has 1 N–H and O–H groups in total. The first-order valence-electron chi connectivity index (χ1n) is 9.05. The van der Waals surface area contributed by atoms with E-state index in [1.807, 2.05) is 49.3 Å². The van der Waals surface area contributed by atoms with Gasteiger partial charge in [-0.05, 0) is 38.4 Å². The third-order valence-corrected chi connectivity index (χ3v) is 5.34. The lowest BCUT2D eigenvalue weighted by Crippen LogP contribution is -2.51. The number of carbonyl (C=O) groups is 1. The van der Waals surface area contributed by atoms with Crippen molar-refractivity contribution < 1.29 is 4.79 Å². The van der Waals surface area contributed by atoms with E-state index in [9.17, 15) is 10.1 Å². The van der Waals surface area contributed by atoms with Crippen LogP contribution in [0.25, 0.3) is 0 Å². The van der Waals surface area contributed by atoms with Crippen molar-refractivity contribution in [1.82, 2.24) is 15.1 Å². The molecule has 0 bridgehead atoms. The van der Waals surface area contributed by atoms with Gasteiger partial charge in [-0.25, -0.2) is 4.79 Å². The lowest BCUT2D eigenvalue weighted by molar-refractivity contribution is 0.163. The number of nitriles is 1. The molecule has 0 spiro atoms. The Balaban J connectivity index is 1.93. The summed E-state index contributed by atoms with van der Waals surface area (Å²) < 4.78 is 0. The van der Waals surface area contributed by atoms with Crippen LogP contribution in [0.2, 0.25) is 0 Å². The van der Waals surface area contributed by atoms with Gasteiger partial charge in [-0.1, -0.05) is 44.2 Å². The molecule has 0 aliphatic carbocycles. The Morgan fingerprint density at radius 3 is 2.36 bits per heavy atom. The summed E-state index contributed by atoms with van der Waals surface area (Å²) in [4.78, 5) is 16.5. The van der Waals surface area contributed by atoms with Crippen molar-refractivity contribution in [1.29, 1.82) is 5.26 Å². The zero-order valence-corrected chi connectivity index (χ0v) is 15.8. The van der Waals surface area contributed by atoms with Gasteiger partial charge in [0, 0.05) is 25.7 Å². The highest BCUT2D eigenvalue weighted by atomic mass is 16.2. The lowest BCUT2D eigenvalue weighted by atomic mass is 9.74. The molecule has 1 aromatic rings. The summed E-state index contributed by atoms with van der Waals surface area (Å²) in [6.45, 7) is 6.20. The van der Waals surface area contributed by atoms with Crippen molar-refractivity contribution in [2.75, 3.05) is 33.7 Å². The molecule has 0 unspecified atom stereocenters. The molecule has 1 atom stereocenters. The van der Waals surface area contributed by atoms with Crippen LogP contribution >= 0.6 is 0 Å². The maximum absolute atomic E-state index is 12.5. The molecule has 1 fully saturated rings. The highest BCUT2D eigenvalue weighted by Crippen LogP contribution is 2.34. The van der Waals surface area contributed by atoms with Crippen molar-refractivity contribution in [3.63, 3.8) is 0 Å². The van der Waals surface area contributed by atoms with E-state index in [0.717, 1.165) is 5.56 Å². The third-order valence-electron chi connectivity index (χ3n) is 5.34. The number of amides is 2. The molecule has 25 heavy (non-hydrogen) atoms. The summed E-state index contributed by atoms with van der Waals surface area (Å²) in [5, 5.41) is 12.8. The Morgan fingerprint density at radius 2 is 1.88 bits per heavy atom. The van der Waals surface area contributed by atoms with E-state index in [-0.39, 0.29) is 6.03 Å². The molecule has 2 amide bonds. The van der Waals surface area contributed by atoms with Crippen molar-refractivity contribution in [2.24, 2.45) is 5.92 Å². The Hall–Kier alpha value is -2.06. The van der Waals surface area contributed by atoms with E-state index in [4.69, 9.17) is 0 Å². The predicted octanol–water partition coefficient (Wildman–Crippen LogP) is 2.84. The molecule has 0 radical (unpaired) electrons. The van der Waals surface area contributed by atoms with E-state index in [1.54, 1.807) is 0 Å². The topological polar surface area (TPSA) is 59.4 Å². The summed E-state index contributed by atoms with van der Waals surface area (Å²) in [6, 6.07) is 12.7. The van der Waals surface area contributed by atoms with Gasteiger partial charge >= 0.3 is 6.03 Å². The van der Waals surface area contributed by atoms with Crippen LogP contribution in [-0.4, -0.2) is 55.6 Å². The molecule has 5 heteroatoms. The summed E-state index contributed by atoms with van der Waals surface area (Å²) in [5.74, 6) is 0.473. The fourth-order valence-corrected chi connectivity index (χ4v) is 3.63. The number of likely N-dealkylation sites (tertiary alicyclic amines) is 1. The molecule has 1 saturated heterocycles. The molecule has 1 aliphatic rings. The fraction of sp³-hybridized carbons (Fsp3) is 0.600. The SMILES string of the molecule is CC(C)[C@@H](CNC(=O)N1CCC(C#N)(c2ccccc2)CC1)N(C)C. The number of rotatable bonds is 5. The highest BCUT2D eigenvalue weighted by molar-refractivity contribution is 5.74. The van der Waals surface area contributed by atoms with Gasteiger partial charge in [0.25, 0.3) is 0 Å². The van der Waals surface area contributed by atoms with Crippen LogP contribution in [0.4, 0.5) is 4.79 Å². The third kappa shape index (κ3) is 4.52. The van der Waals surface area contributed by atoms with Crippen molar-refractivity contribution in [3.8, 4) is 6.07 Å². The van der Waals surface area contributed by atoms with Crippen LogP contribution < -0.4 is 5.32 Å². The van der Waals surface area contributed by atoms with E-state index in [0.29, 0.717) is 44.4 Å². The molecule has 5 nitrogen and oxygen atoms in total. The van der Waals surface area contributed by atoms with Crippen LogP contribution in [0, 0.1) is 17.2 Å². The Bertz CT molecular complexity index is 590. The molecule has 1 aliphatic heterocycles. The molecular formula is C20H30N4O. The Labute approximate surface area is 151 Å². The number of nitrogens with one attached hydrogen (secondary N) is 1. The smallest absolute Gasteiger partial charge is 0.317 e. The first-order valence-corrected chi connectivity index (χ1v) is 9.05. The molecule has 0 saturated carbocycles. The van der Waals surface area contributed by atoms with Gasteiger partial charge < -0.3 is 15.1 Å². The summed E-state index contributed by atoms with van der Waals surface area (Å²) in [7, 11) is 4.08. The second-order valence-corrected chi connectivity index (χ2v) is 7.51. The fourth-order valence-electron chi connectivity index (χ4n) is 3.63. The Kier molecular flexibility index (Phi) is 6.44. The van der Waals surface area contributed by atoms with Crippen LogP contribution in [-0.2, 0) is 5.41 Å². The number of nitrogens with zero attached hydrogens (tertiary/aromatic N) is 3. The zero-order chi connectivity index (χ0) is 18.4. The summed E-state index contributed by atoms with van der Waals surface area (Å²) in [5.41, 5.74) is 0.590. The summed E-state index contributed by atoms with van der Waals surface area (Å²) >= 11 is 0. The second kappa shape index (κ2) is 8.35. The number of hydrogen-bond donors (Lipinski definition) is 1. The van der Waals surface area contributed by atoms with Crippen LogP contribution in [0.5, 0.6) is 0 Å². The highest BCUT2D eigenvalue weighted by Gasteiger charge is 2.37. The van der Waals surface area contributed by atoms with Gasteiger partial charge in [-0.15, -0.1) is 0 Å². The standard InChI is InChI=1S/C20H30N4O/c1-16(2)18(23(3)4)14-22-19(25)24-12-10-20(15-21,11-13-24)17-8-6-5-7-9-17/h5-9,16,18H,10-14H2,1-4H3,(H,22,25)/t18-/m1/s1. The molecular weight excluding hydrogens is 312 g/mol. The molecule has 136 valence electrons. The number of urea groups is 1. The van der Waals surface area contributed by atoms with Gasteiger partial charge in [-0.3, -0.25) is 0 Å². The van der Waals surface area contributed by atoms with Crippen LogP contribution in [0.1, 0.15) is 32.3 Å². The largest absolute Gasteiger partial charge is 0.336 e. The van der Waals surface area contributed by atoms with Gasteiger partial charge in [0.05, 0.1) is 11.5 Å². The number of hydrogen-bond acceptors (Lipinski definition) is 3. The predicted molar refractivity (Wildman–Crippen MR) is 100 cm³/mol. The maximum atomic E-state index is 12.5. The number of piperidine rings is 1. The van der Waals surface area contributed by atoms with Gasteiger partial charge in [0.15, 0.2) is 0 Å². The van der Waals surface area contributed by atoms with Gasteiger partial charge in [0.1, 0.15) is 0 Å². The van der Waals surface area contributed by atoms with Crippen LogP contribution in [0.3, 0.4) is 0 Å². The van der Waals surface area contributed by atoms with Crippen molar-refractivity contribution >= 4 is 6.03 Å². The first-order chi connectivity index (χ1) is 11.9. The van der Waals surface area contributed by atoms with E-state index in [1.165, 1.54) is 0 Å². The second-order valence-electron chi connectivity index (χ2n) is 7.51. The summed E-state index contributed by atoms with van der Waals surface area (Å²) in [6.07, 6.45) is 1.37. The van der Waals surface area contributed by atoms with Crippen molar-refractivity contribution in [2.45, 2.75) is 38.1 Å². The van der Waals surface area contributed by atoms with E-state index < -0.39 is 5.41 Å². The van der Waals surface area contributed by atoms with E-state index >= 15 is 0 Å². The molecule has 1 aromatic carbocycles. The minimum absolute atomic E-state index is 0.0212. The average Bonchev–Trinajstić information content (AvgIpc) is 2.62. The Morgan fingerprint density at radius 1 is 1.28 bits per heavy atom. The number of carbonyl (C=O) groups excluding carboxylic acids is 1. The van der Waals surface area contributed by atoms with E-state index in [2.05, 4.69) is 30.1 Å². The average molecular weight is 342 g/mol. The quantitative estimate of drug-likeness (QED) is 0.895. The van der Waals surface area contributed by atoms with Gasteiger partial charge in [-0.2, -0.15) is 5.26 Å². The molecule has 0 aromatic heterocycles. The number of benzene rings is 1. The van der Waals surface area contributed by atoms with Gasteiger partial charge in [0.2, 0.25) is 0 Å². The molecule has 2 rings (SSSR count). The first kappa shape index (κ1) is 19.3. The molecule has 1 heterocycles. The van der Waals surface area contributed by atoms with Crippen LogP contribution in [0.15, 0.2) is 30.3 Å². The monoisotopic (exact) mass is 342 g/mol. The minimum Gasteiger partial charge on any atom is -0.336 e.